The highest BCUT2D eigenvalue weighted by Crippen LogP contribution is 2.12. The van der Waals surface area contributed by atoms with E-state index in [9.17, 15) is 14.4 Å². The van der Waals surface area contributed by atoms with Crippen molar-refractivity contribution in [2.45, 2.75) is 207 Å². The minimum atomic E-state index is -0.797. The Labute approximate surface area is 338 Å². The Kier molecular flexibility index (Phi) is 41.1. The van der Waals surface area contributed by atoms with Gasteiger partial charge < -0.3 is 14.2 Å². The van der Waals surface area contributed by atoms with Crippen LogP contribution in [0, 0.1) is 0 Å². The molecule has 0 fully saturated rings. The van der Waals surface area contributed by atoms with E-state index >= 15 is 0 Å². The van der Waals surface area contributed by atoms with Gasteiger partial charge in [0.2, 0.25) is 0 Å². The first-order chi connectivity index (χ1) is 27.0. The van der Waals surface area contributed by atoms with Crippen LogP contribution in [0.3, 0.4) is 0 Å². The summed E-state index contributed by atoms with van der Waals surface area (Å²) in [4.78, 5) is 37.6. The van der Waals surface area contributed by atoms with Crippen LogP contribution in [0.25, 0.3) is 0 Å². The van der Waals surface area contributed by atoms with Gasteiger partial charge in [-0.05, 0) is 83.5 Å². The molecule has 0 aliphatic carbocycles. The highest BCUT2D eigenvalue weighted by molar-refractivity contribution is 5.71. The van der Waals surface area contributed by atoms with Crippen LogP contribution >= 0.6 is 0 Å². The number of unbranched alkanes of at least 4 members (excludes halogenated alkanes) is 16. The highest BCUT2D eigenvalue weighted by atomic mass is 16.6. The van der Waals surface area contributed by atoms with Gasteiger partial charge in [0.25, 0.3) is 0 Å². The number of carbonyl (C=O) groups excluding carboxylic acids is 3. The normalized spacial score (nSPS) is 12.7. The molecule has 0 saturated heterocycles. The molecule has 314 valence electrons. The molecular weight excluding hydrogens is 685 g/mol. The molecule has 0 aromatic rings. The highest BCUT2D eigenvalue weighted by Gasteiger charge is 2.19. The third-order valence-corrected chi connectivity index (χ3v) is 9.20. The molecule has 0 aromatic carbocycles. The van der Waals surface area contributed by atoms with Gasteiger partial charge in [0.15, 0.2) is 6.10 Å². The molecule has 6 heteroatoms. The standard InChI is InChI=1S/C49H82O6/c1-4-7-10-13-16-18-20-22-23-24-25-27-28-30-33-36-39-42-48(51)54-45-46(44-53-47(50)41-38-35-32-15-12-9-6-3)55-49(52)43-40-37-34-31-29-26-21-19-17-14-11-8-5-2/h7,10,16,18-19,21-23,25,27,30,33,46H,4-6,8-9,11-15,17,20,24,26,28-29,31-32,34-45H2,1-3H3/b10-7-,18-16-,21-19-,23-22-,27-25-,33-30-. The summed E-state index contributed by atoms with van der Waals surface area (Å²) in [5, 5.41) is 0. The molecule has 0 spiro atoms. The Morgan fingerprint density at radius 3 is 1.22 bits per heavy atom. The lowest BCUT2D eigenvalue weighted by Crippen LogP contribution is -2.30. The lowest BCUT2D eigenvalue weighted by atomic mass is 10.1. The second-order valence-corrected chi connectivity index (χ2v) is 14.6. The fraction of sp³-hybridized carbons (Fsp3) is 0.694. The molecule has 0 N–H and O–H groups in total. The predicted octanol–water partition coefficient (Wildman–Crippen LogP) is 14.3. The third kappa shape index (κ3) is 41.8. The Bertz CT molecular complexity index is 1070. The Morgan fingerprint density at radius 2 is 0.727 bits per heavy atom. The smallest absolute Gasteiger partial charge is 0.306 e. The molecule has 0 aliphatic rings. The van der Waals surface area contributed by atoms with Crippen molar-refractivity contribution in [3.8, 4) is 0 Å². The van der Waals surface area contributed by atoms with Crippen molar-refractivity contribution in [3.63, 3.8) is 0 Å². The first-order valence-electron chi connectivity index (χ1n) is 22.4. The Balaban J connectivity index is 4.43. The zero-order valence-electron chi connectivity index (χ0n) is 35.7. The van der Waals surface area contributed by atoms with Crippen LogP contribution in [-0.2, 0) is 28.6 Å². The second kappa shape index (κ2) is 43.6. The summed E-state index contributed by atoms with van der Waals surface area (Å²) in [7, 11) is 0. The van der Waals surface area contributed by atoms with E-state index in [-0.39, 0.29) is 37.5 Å². The van der Waals surface area contributed by atoms with E-state index in [1.807, 2.05) is 0 Å². The SMILES string of the molecule is CC/C=C\C/C=C\C/C=C\C/C=C\C/C=C\CCCC(=O)OCC(COC(=O)CCCCCCCCC)OC(=O)CCCCCCC/C=C\CCCCCC. The Hall–Kier alpha value is -3.15. The first kappa shape index (κ1) is 51.9. The number of esters is 3. The predicted molar refractivity (Wildman–Crippen MR) is 233 cm³/mol. The van der Waals surface area contributed by atoms with Gasteiger partial charge in [0.05, 0.1) is 0 Å². The van der Waals surface area contributed by atoms with E-state index in [4.69, 9.17) is 14.2 Å². The van der Waals surface area contributed by atoms with Gasteiger partial charge in [-0.3, -0.25) is 14.4 Å². The maximum atomic E-state index is 12.7. The number of rotatable bonds is 39. The van der Waals surface area contributed by atoms with E-state index < -0.39 is 6.10 Å². The fourth-order valence-electron chi connectivity index (χ4n) is 5.82. The Morgan fingerprint density at radius 1 is 0.382 bits per heavy atom. The lowest BCUT2D eigenvalue weighted by molar-refractivity contribution is -0.167. The zero-order valence-corrected chi connectivity index (χ0v) is 35.7. The topological polar surface area (TPSA) is 78.9 Å². The van der Waals surface area contributed by atoms with E-state index in [0.29, 0.717) is 19.3 Å². The van der Waals surface area contributed by atoms with Crippen molar-refractivity contribution >= 4 is 17.9 Å². The summed E-state index contributed by atoms with van der Waals surface area (Å²) in [6.45, 7) is 6.38. The zero-order chi connectivity index (χ0) is 40.1. The molecule has 0 aliphatic heterocycles. The largest absolute Gasteiger partial charge is 0.462 e. The number of hydrogen-bond acceptors (Lipinski definition) is 6. The van der Waals surface area contributed by atoms with Gasteiger partial charge in [-0.15, -0.1) is 0 Å². The van der Waals surface area contributed by atoms with Crippen LogP contribution in [0.4, 0.5) is 0 Å². The van der Waals surface area contributed by atoms with E-state index in [2.05, 4.69) is 93.7 Å². The van der Waals surface area contributed by atoms with Crippen LogP contribution in [0.1, 0.15) is 201 Å². The van der Waals surface area contributed by atoms with Crippen molar-refractivity contribution < 1.29 is 28.6 Å². The molecular formula is C49H82O6. The average molecular weight is 767 g/mol. The molecule has 0 amide bonds. The van der Waals surface area contributed by atoms with Crippen LogP contribution in [0.2, 0.25) is 0 Å². The third-order valence-electron chi connectivity index (χ3n) is 9.20. The molecule has 6 nitrogen and oxygen atoms in total. The molecule has 0 bridgehead atoms. The maximum absolute atomic E-state index is 12.7. The monoisotopic (exact) mass is 767 g/mol. The molecule has 1 atom stereocenters. The van der Waals surface area contributed by atoms with Crippen molar-refractivity contribution in [2.75, 3.05) is 13.2 Å². The molecule has 0 saturated carbocycles. The summed E-state index contributed by atoms with van der Waals surface area (Å²) in [5.74, 6) is -0.980. The number of hydrogen-bond donors (Lipinski definition) is 0. The summed E-state index contributed by atoms with van der Waals surface area (Å²) >= 11 is 0. The molecule has 0 radical (unpaired) electrons. The van der Waals surface area contributed by atoms with E-state index in [1.165, 1.54) is 64.2 Å². The summed E-state index contributed by atoms with van der Waals surface area (Å²) in [6.07, 6.45) is 53.3. The van der Waals surface area contributed by atoms with Crippen LogP contribution in [0.15, 0.2) is 72.9 Å². The van der Waals surface area contributed by atoms with Gasteiger partial charge >= 0.3 is 17.9 Å². The molecule has 0 aromatic heterocycles. The van der Waals surface area contributed by atoms with Gasteiger partial charge in [0, 0.05) is 19.3 Å². The summed E-state index contributed by atoms with van der Waals surface area (Å²) < 4.78 is 16.6. The minimum absolute atomic E-state index is 0.0967. The van der Waals surface area contributed by atoms with Gasteiger partial charge in [-0.25, -0.2) is 0 Å². The average Bonchev–Trinajstić information content (AvgIpc) is 3.18. The summed E-state index contributed by atoms with van der Waals surface area (Å²) in [5.41, 5.74) is 0. The lowest BCUT2D eigenvalue weighted by Gasteiger charge is -2.18. The molecule has 0 heterocycles. The fourth-order valence-corrected chi connectivity index (χ4v) is 5.82. The molecule has 0 rings (SSSR count). The van der Waals surface area contributed by atoms with Crippen molar-refractivity contribution in [1.29, 1.82) is 0 Å². The van der Waals surface area contributed by atoms with Gasteiger partial charge in [0.1, 0.15) is 13.2 Å². The second-order valence-electron chi connectivity index (χ2n) is 14.6. The first-order valence-corrected chi connectivity index (χ1v) is 22.4. The minimum Gasteiger partial charge on any atom is -0.462 e. The van der Waals surface area contributed by atoms with Gasteiger partial charge in [-0.1, -0.05) is 171 Å². The molecule has 1 unspecified atom stereocenters. The number of ether oxygens (including phenoxy) is 3. The van der Waals surface area contributed by atoms with Gasteiger partial charge in [-0.2, -0.15) is 0 Å². The van der Waals surface area contributed by atoms with Crippen molar-refractivity contribution in [3.05, 3.63) is 72.9 Å². The van der Waals surface area contributed by atoms with Crippen LogP contribution in [-0.4, -0.2) is 37.2 Å². The summed E-state index contributed by atoms with van der Waals surface area (Å²) in [6, 6.07) is 0. The van der Waals surface area contributed by atoms with Crippen LogP contribution < -0.4 is 0 Å². The van der Waals surface area contributed by atoms with Crippen molar-refractivity contribution in [2.24, 2.45) is 0 Å². The van der Waals surface area contributed by atoms with Crippen molar-refractivity contribution in [1.82, 2.24) is 0 Å². The molecule has 55 heavy (non-hydrogen) atoms. The van der Waals surface area contributed by atoms with E-state index in [0.717, 1.165) is 89.9 Å². The number of carbonyl (C=O) groups is 3. The number of allylic oxidation sites excluding steroid dienone is 12. The van der Waals surface area contributed by atoms with Crippen LogP contribution in [0.5, 0.6) is 0 Å². The quantitative estimate of drug-likeness (QED) is 0.0268. The van der Waals surface area contributed by atoms with E-state index in [1.54, 1.807) is 0 Å². The maximum Gasteiger partial charge on any atom is 0.306 e.